The largest absolute Gasteiger partial charge is 0.494 e. The summed E-state index contributed by atoms with van der Waals surface area (Å²) in [6, 6.07) is 16.0. The first-order valence-corrected chi connectivity index (χ1v) is 8.11. The second kappa shape index (κ2) is 9.33. The molecule has 0 aromatic heterocycles. The lowest BCUT2D eigenvalue weighted by Gasteiger charge is -2.08. The summed E-state index contributed by atoms with van der Waals surface area (Å²) in [6.45, 7) is 6.23. The number of ether oxygens (including phenoxy) is 2. The Morgan fingerprint density at radius 1 is 1.12 bits per heavy atom. The Hall–Kier alpha value is -3.01. The minimum absolute atomic E-state index is 0.118. The third-order valence-electron chi connectivity index (χ3n) is 3.48. The maximum absolute atomic E-state index is 5.82. The van der Waals surface area contributed by atoms with Crippen LogP contribution < -0.4 is 10.5 Å². The van der Waals surface area contributed by atoms with Crippen molar-refractivity contribution in [3.05, 3.63) is 71.8 Å². The van der Waals surface area contributed by atoms with Crippen molar-refractivity contribution in [2.45, 2.75) is 13.3 Å². The van der Waals surface area contributed by atoms with E-state index >= 15 is 0 Å². The molecule has 2 rings (SSSR count). The van der Waals surface area contributed by atoms with Gasteiger partial charge in [0.1, 0.15) is 11.4 Å². The lowest BCUT2D eigenvalue weighted by atomic mass is 10.1. The molecule has 2 aromatic rings. The normalized spacial score (nSPS) is 11.5. The van der Waals surface area contributed by atoms with Crippen LogP contribution in [0.4, 0.5) is 5.69 Å². The van der Waals surface area contributed by atoms with Crippen molar-refractivity contribution in [3.8, 4) is 5.75 Å². The third-order valence-corrected chi connectivity index (χ3v) is 3.48. The van der Waals surface area contributed by atoms with Gasteiger partial charge in [0.2, 0.25) is 0 Å². The molecule has 130 valence electrons. The number of methoxy groups -OCH3 is 1. The molecule has 0 bridgehead atoms. The molecule has 0 radical (unpaired) electrons. The van der Waals surface area contributed by atoms with Crippen LogP contribution in [0.5, 0.6) is 5.75 Å². The van der Waals surface area contributed by atoms with Gasteiger partial charge in [0.15, 0.2) is 0 Å². The van der Waals surface area contributed by atoms with E-state index in [1.807, 2.05) is 55.5 Å². The minimum atomic E-state index is 0.118. The summed E-state index contributed by atoms with van der Waals surface area (Å²) < 4.78 is 10.8. The van der Waals surface area contributed by atoms with E-state index in [0.29, 0.717) is 18.0 Å². The van der Waals surface area contributed by atoms with Gasteiger partial charge >= 0.3 is 0 Å². The quantitative estimate of drug-likeness (QED) is 0.342. The van der Waals surface area contributed by atoms with E-state index in [1.165, 1.54) is 0 Å². The first-order chi connectivity index (χ1) is 12.1. The molecular formula is C21H24N2O2. The summed E-state index contributed by atoms with van der Waals surface area (Å²) in [5.41, 5.74) is 9.64. The van der Waals surface area contributed by atoms with Crippen molar-refractivity contribution in [2.75, 3.05) is 13.7 Å². The highest BCUT2D eigenvalue weighted by atomic mass is 16.5. The van der Waals surface area contributed by atoms with Gasteiger partial charge in [-0.25, -0.2) is 0 Å². The smallest absolute Gasteiger partial charge is 0.287 e. The van der Waals surface area contributed by atoms with Gasteiger partial charge in [0.05, 0.1) is 13.7 Å². The molecule has 4 heteroatoms. The molecule has 4 nitrogen and oxygen atoms in total. The molecule has 2 aromatic carbocycles. The van der Waals surface area contributed by atoms with Gasteiger partial charge in [-0.2, -0.15) is 4.99 Å². The van der Waals surface area contributed by atoms with Crippen molar-refractivity contribution in [1.82, 2.24) is 0 Å². The standard InChI is InChI=1S/C21H24N2O2/c1-16(2)13-14-25-21(22)23-19-12-11-18(15-20(19)24-3)10-9-17-7-5-4-6-8-17/h4-12,15H,1,13-14H2,2-3H3,(H2,22,23). The molecule has 0 aliphatic heterocycles. The molecule has 0 unspecified atom stereocenters. The first kappa shape index (κ1) is 18.3. The van der Waals surface area contributed by atoms with Gasteiger partial charge in [0, 0.05) is 6.42 Å². The second-order valence-electron chi connectivity index (χ2n) is 5.68. The molecule has 25 heavy (non-hydrogen) atoms. The summed E-state index contributed by atoms with van der Waals surface area (Å²) in [6.07, 6.45) is 4.82. The Morgan fingerprint density at radius 3 is 2.52 bits per heavy atom. The zero-order valence-electron chi connectivity index (χ0n) is 14.7. The van der Waals surface area contributed by atoms with Crippen LogP contribution in [0.3, 0.4) is 0 Å². The van der Waals surface area contributed by atoms with Crippen LogP contribution in [0.1, 0.15) is 24.5 Å². The van der Waals surface area contributed by atoms with Crippen molar-refractivity contribution in [1.29, 1.82) is 0 Å². The van der Waals surface area contributed by atoms with Crippen LogP contribution in [0.15, 0.2) is 65.7 Å². The van der Waals surface area contributed by atoms with E-state index in [9.17, 15) is 0 Å². The number of nitrogens with two attached hydrogens (primary N) is 1. The van der Waals surface area contributed by atoms with Crippen LogP contribution in [0.25, 0.3) is 12.2 Å². The van der Waals surface area contributed by atoms with E-state index in [-0.39, 0.29) is 6.02 Å². The van der Waals surface area contributed by atoms with Crippen LogP contribution >= 0.6 is 0 Å². The van der Waals surface area contributed by atoms with Crippen molar-refractivity contribution in [3.63, 3.8) is 0 Å². The van der Waals surface area contributed by atoms with Crippen LogP contribution in [0.2, 0.25) is 0 Å². The fourth-order valence-electron chi connectivity index (χ4n) is 2.13. The number of aliphatic imine (C=N–C) groups is 1. The number of nitrogens with zero attached hydrogens (tertiary/aromatic N) is 1. The highest BCUT2D eigenvalue weighted by Gasteiger charge is 2.04. The number of amidine groups is 1. The Bertz CT molecular complexity index is 765. The van der Waals surface area contributed by atoms with Gasteiger partial charge in [-0.1, -0.05) is 54.1 Å². The number of benzene rings is 2. The molecule has 0 saturated heterocycles. The summed E-state index contributed by atoms with van der Waals surface area (Å²) in [4.78, 5) is 4.28. The van der Waals surface area contributed by atoms with E-state index in [2.05, 4.69) is 23.7 Å². The fraction of sp³-hybridized carbons (Fsp3) is 0.190. The zero-order valence-corrected chi connectivity index (χ0v) is 14.7. The summed E-state index contributed by atoms with van der Waals surface area (Å²) in [7, 11) is 1.61. The van der Waals surface area contributed by atoms with E-state index in [0.717, 1.165) is 23.1 Å². The highest BCUT2D eigenvalue weighted by molar-refractivity contribution is 5.78. The van der Waals surface area contributed by atoms with Gasteiger partial charge in [-0.15, -0.1) is 6.58 Å². The summed E-state index contributed by atoms with van der Waals surface area (Å²) in [5.74, 6) is 0.640. The molecular weight excluding hydrogens is 312 g/mol. The van der Waals surface area contributed by atoms with Crippen molar-refractivity contribution < 1.29 is 9.47 Å². The molecule has 0 heterocycles. The first-order valence-electron chi connectivity index (χ1n) is 8.11. The van der Waals surface area contributed by atoms with Crippen molar-refractivity contribution in [2.24, 2.45) is 10.7 Å². The molecule has 0 aliphatic carbocycles. The fourth-order valence-corrected chi connectivity index (χ4v) is 2.13. The molecule has 0 fully saturated rings. The molecule has 0 saturated carbocycles. The Balaban J connectivity index is 2.10. The van der Waals surface area contributed by atoms with Crippen LogP contribution in [0, 0.1) is 0 Å². The molecule has 2 N–H and O–H groups in total. The van der Waals surface area contributed by atoms with E-state index < -0.39 is 0 Å². The number of hydrogen-bond acceptors (Lipinski definition) is 3. The van der Waals surface area contributed by atoms with E-state index in [4.69, 9.17) is 15.2 Å². The molecule has 0 amide bonds. The average molecular weight is 336 g/mol. The topological polar surface area (TPSA) is 56.8 Å². The summed E-state index contributed by atoms with van der Waals surface area (Å²) in [5, 5.41) is 0. The van der Waals surface area contributed by atoms with Crippen LogP contribution in [-0.4, -0.2) is 19.7 Å². The maximum atomic E-state index is 5.82. The molecule has 0 aliphatic rings. The molecule has 0 atom stereocenters. The minimum Gasteiger partial charge on any atom is -0.494 e. The number of rotatable bonds is 7. The maximum Gasteiger partial charge on any atom is 0.287 e. The van der Waals surface area contributed by atoms with Gasteiger partial charge < -0.3 is 15.2 Å². The average Bonchev–Trinajstić information content (AvgIpc) is 2.61. The summed E-state index contributed by atoms with van der Waals surface area (Å²) >= 11 is 0. The third kappa shape index (κ3) is 6.18. The molecule has 0 spiro atoms. The van der Waals surface area contributed by atoms with Gasteiger partial charge in [0.25, 0.3) is 6.02 Å². The SMILES string of the molecule is C=C(C)CCOC(N)=Nc1ccc(C=Cc2ccccc2)cc1OC. The van der Waals surface area contributed by atoms with Gasteiger partial charge in [-0.3, -0.25) is 0 Å². The monoisotopic (exact) mass is 336 g/mol. The number of hydrogen-bond donors (Lipinski definition) is 1. The van der Waals surface area contributed by atoms with Crippen LogP contribution in [-0.2, 0) is 4.74 Å². The predicted molar refractivity (Wildman–Crippen MR) is 105 cm³/mol. The lowest BCUT2D eigenvalue weighted by molar-refractivity contribution is 0.304. The lowest BCUT2D eigenvalue weighted by Crippen LogP contribution is -2.16. The Kier molecular flexibility index (Phi) is 6.84. The van der Waals surface area contributed by atoms with E-state index in [1.54, 1.807) is 7.11 Å². The Labute approximate surface area is 149 Å². The second-order valence-corrected chi connectivity index (χ2v) is 5.68. The highest BCUT2D eigenvalue weighted by Crippen LogP contribution is 2.29. The van der Waals surface area contributed by atoms with Crippen molar-refractivity contribution >= 4 is 23.9 Å². The zero-order chi connectivity index (χ0) is 18.1. The van der Waals surface area contributed by atoms with Gasteiger partial charge in [-0.05, 0) is 30.2 Å². The predicted octanol–water partition coefficient (Wildman–Crippen LogP) is 4.79. The Morgan fingerprint density at radius 2 is 1.84 bits per heavy atom.